The summed E-state index contributed by atoms with van der Waals surface area (Å²) in [4.78, 5) is 17.5. The van der Waals surface area contributed by atoms with Crippen molar-refractivity contribution < 1.29 is 4.79 Å². The average molecular weight is 227 g/mol. The molecule has 0 unspecified atom stereocenters. The van der Waals surface area contributed by atoms with Gasteiger partial charge in [-0.05, 0) is 5.92 Å². The normalized spacial score (nSPS) is 10.7. The number of hydrogen-bond acceptors (Lipinski definition) is 4. The molecular weight excluding hydrogens is 210 g/mol. The summed E-state index contributed by atoms with van der Waals surface area (Å²) in [7, 11) is 1.82. The summed E-state index contributed by atoms with van der Waals surface area (Å²) in [6.45, 7) is 4.95. The zero-order chi connectivity index (χ0) is 11.4. The molecule has 0 saturated carbocycles. The van der Waals surface area contributed by atoms with Gasteiger partial charge in [0.25, 0.3) is 0 Å². The summed E-state index contributed by atoms with van der Waals surface area (Å²) in [6, 6.07) is 0. The summed E-state index contributed by atoms with van der Waals surface area (Å²) in [6.07, 6.45) is 0.344. The summed E-state index contributed by atoms with van der Waals surface area (Å²) in [5.41, 5.74) is 6.26. The first-order chi connectivity index (χ1) is 6.99. The lowest BCUT2D eigenvalue weighted by molar-refractivity contribution is -0.129. The van der Waals surface area contributed by atoms with Crippen LogP contribution < -0.4 is 5.73 Å². The standard InChI is InChI=1S/C10H17N3OS/c1-7(2)5-13(3)9(14)4-8-6-15-10(11)12-8/h6-7H,4-5H2,1-3H3,(H2,11,12). The molecular formula is C10H17N3OS. The molecule has 0 radical (unpaired) electrons. The third kappa shape index (κ3) is 3.87. The van der Waals surface area contributed by atoms with Crippen LogP contribution in [0.25, 0.3) is 0 Å². The van der Waals surface area contributed by atoms with Gasteiger partial charge in [0.05, 0.1) is 12.1 Å². The number of nitrogen functional groups attached to an aromatic ring is 1. The van der Waals surface area contributed by atoms with Crippen LogP contribution in [0.4, 0.5) is 5.13 Å². The van der Waals surface area contributed by atoms with Gasteiger partial charge in [-0.2, -0.15) is 0 Å². The second-order valence-corrected chi connectivity index (χ2v) is 4.91. The van der Waals surface area contributed by atoms with Crippen molar-refractivity contribution in [2.75, 3.05) is 19.3 Å². The number of rotatable bonds is 4. The lowest BCUT2D eigenvalue weighted by Crippen LogP contribution is -2.31. The Morgan fingerprint density at radius 2 is 2.33 bits per heavy atom. The largest absolute Gasteiger partial charge is 0.375 e. The molecule has 0 aromatic carbocycles. The smallest absolute Gasteiger partial charge is 0.228 e. The zero-order valence-electron chi connectivity index (χ0n) is 9.36. The molecule has 1 amide bonds. The Hall–Kier alpha value is -1.10. The van der Waals surface area contributed by atoms with Gasteiger partial charge < -0.3 is 10.6 Å². The van der Waals surface area contributed by atoms with Gasteiger partial charge >= 0.3 is 0 Å². The first-order valence-corrected chi connectivity index (χ1v) is 5.81. The third-order valence-corrected chi connectivity index (χ3v) is 2.69. The van der Waals surface area contributed by atoms with Crippen molar-refractivity contribution in [2.24, 2.45) is 5.92 Å². The van der Waals surface area contributed by atoms with Crippen LogP contribution in [0.2, 0.25) is 0 Å². The Morgan fingerprint density at radius 1 is 1.67 bits per heavy atom. The lowest BCUT2D eigenvalue weighted by atomic mass is 10.2. The Morgan fingerprint density at radius 3 is 2.80 bits per heavy atom. The third-order valence-electron chi connectivity index (χ3n) is 1.97. The monoisotopic (exact) mass is 227 g/mol. The summed E-state index contributed by atoms with van der Waals surface area (Å²) < 4.78 is 0. The van der Waals surface area contributed by atoms with Crippen LogP contribution in [0, 0.1) is 5.92 Å². The highest BCUT2D eigenvalue weighted by atomic mass is 32.1. The predicted molar refractivity (Wildman–Crippen MR) is 62.7 cm³/mol. The maximum absolute atomic E-state index is 11.7. The maximum atomic E-state index is 11.7. The summed E-state index contributed by atoms with van der Waals surface area (Å²) >= 11 is 1.37. The number of nitrogens with zero attached hydrogens (tertiary/aromatic N) is 2. The van der Waals surface area contributed by atoms with E-state index in [1.165, 1.54) is 11.3 Å². The minimum atomic E-state index is 0.0917. The van der Waals surface area contributed by atoms with Crippen LogP contribution >= 0.6 is 11.3 Å². The van der Waals surface area contributed by atoms with Gasteiger partial charge in [0.2, 0.25) is 5.91 Å². The highest BCUT2D eigenvalue weighted by Gasteiger charge is 2.12. The molecule has 0 aliphatic rings. The van der Waals surface area contributed by atoms with Gasteiger partial charge in [-0.3, -0.25) is 4.79 Å². The molecule has 4 nitrogen and oxygen atoms in total. The number of anilines is 1. The Balaban J connectivity index is 2.48. The van der Waals surface area contributed by atoms with Crippen molar-refractivity contribution in [1.82, 2.24) is 9.88 Å². The van der Waals surface area contributed by atoms with Gasteiger partial charge in [0, 0.05) is 19.0 Å². The number of aromatic nitrogens is 1. The summed E-state index contributed by atoms with van der Waals surface area (Å²) in [5, 5.41) is 2.35. The van der Waals surface area contributed by atoms with Gasteiger partial charge in [0.1, 0.15) is 0 Å². The number of carbonyl (C=O) groups is 1. The fraction of sp³-hybridized carbons (Fsp3) is 0.600. The van der Waals surface area contributed by atoms with Crippen LogP contribution in [0.3, 0.4) is 0 Å². The SMILES string of the molecule is CC(C)CN(C)C(=O)Cc1csc(N)n1. The molecule has 0 spiro atoms. The quantitative estimate of drug-likeness (QED) is 0.845. The van der Waals surface area contributed by atoms with Crippen LogP contribution in [-0.2, 0) is 11.2 Å². The van der Waals surface area contributed by atoms with Crippen LogP contribution in [0.5, 0.6) is 0 Å². The molecule has 1 aromatic rings. The van der Waals surface area contributed by atoms with Gasteiger partial charge in [-0.25, -0.2) is 4.98 Å². The Labute approximate surface area is 94.1 Å². The molecule has 0 aliphatic heterocycles. The fourth-order valence-electron chi connectivity index (χ4n) is 1.34. The van der Waals surface area contributed by atoms with E-state index in [0.717, 1.165) is 12.2 Å². The number of carbonyl (C=O) groups excluding carboxylic acids is 1. The first-order valence-electron chi connectivity index (χ1n) is 4.93. The van der Waals surface area contributed by atoms with Crippen LogP contribution in [0.15, 0.2) is 5.38 Å². The molecule has 1 aromatic heterocycles. The Kier molecular flexibility index (Phi) is 4.08. The van der Waals surface area contributed by atoms with Crippen molar-refractivity contribution >= 4 is 22.4 Å². The van der Waals surface area contributed by atoms with E-state index in [-0.39, 0.29) is 5.91 Å². The molecule has 84 valence electrons. The number of amides is 1. The predicted octanol–water partition coefficient (Wildman–Crippen LogP) is 1.38. The molecule has 1 rings (SSSR count). The van der Waals surface area contributed by atoms with E-state index >= 15 is 0 Å². The number of hydrogen-bond donors (Lipinski definition) is 1. The second kappa shape index (κ2) is 5.11. The average Bonchev–Trinajstić information content (AvgIpc) is 2.50. The first kappa shape index (κ1) is 12.0. The molecule has 0 atom stereocenters. The minimum absolute atomic E-state index is 0.0917. The molecule has 15 heavy (non-hydrogen) atoms. The lowest BCUT2D eigenvalue weighted by Gasteiger charge is -2.18. The highest BCUT2D eigenvalue weighted by molar-refractivity contribution is 7.13. The number of thiazole rings is 1. The minimum Gasteiger partial charge on any atom is -0.375 e. The van der Waals surface area contributed by atoms with Crippen LogP contribution in [0.1, 0.15) is 19.5 Å². The van der Waals surface area contributed by atoms with E-state index < -0.39 is 0 Å². The van der Waals surface area contributed by atoms with E-state index in [1.807, 2.05) is 12.4 Å². The van der Waals surface area contributed by atoms with E-state index in [4.69, 9.17) is 5.73 Å². The molecule has 0 bridgehead atoms. The van der Waals surface area contributed by atoms with Crippen molar-refractivity contribution in [2.45, 2.75) is 20.3 Å². The Bertz CT molecular complexity index is 335. The molecule has 2 N–H and O–H groups in total. The van der Waals surface area contributed by atoms with E-state index in [0.29, 0.717) is 17.5 Å². The van der Waals surface area contributed by atoms with Crippen molar-refractivity contribution in [3.8, 4) is 0 Å². The maximum Gasteiger partial charge on any atom is 0.228 e. The van der Waals surface area contributed by atoms with Gasteiger partial charge in [-0.1, -0.05) is 13.8 Å². The molecule has 0 aliphatic carbocycles. The molecule has 5 heteroatoms. The fourth-order valence-corrected chi connectivity index (χ4v) is 1.91. The van der Waals surface area contributed by atoms with Gasteiger partial charge in [0.15, 0.2) is 5.13 Å². The molecule has 1 heterocycles. The number of nitrogens with two attached hydrogens (primary N) is 1. The van der Waals surface area contributed by atoms with E-state index in [2.05, 4.69) is 18.8 Å². The van der Waals surface area contributed by atoms with Crippen molar-refractivity contribution in [1.29, 1.82) is 0 Å². The van der Waals surface area contributed by atoms with Crippen molar-refractivity contribution in [3.63, 3.8) is 0 Å². The van der Waals surface area contributed by atoms with Gasteiger partial charge in [-0.15, -0.1) is 11.3 Å². The zero-order valence-corrected chi connectivity index (χ0v) is 10.2. The second-order valence-electron chi connectivity index (χ2n) is 4.02. The molecule has 0 saturated heterocycles. The van der Waals surface area contributed by atoms with E-state index in [1.54, 1.807) is 4.90 Å². The number of likely N-dealkylation sites (N-methyl/N-ethyl adjacent to an activating group) is 1. The molecule has 0 fully saturated rings. The summed E-state index contributed by atoms with van der Waals surface area (Å²) in [5.74, 6) is 0.577. The van der Waals surface area contributed by atoms with Crippen molar-refractivity contribution in [3.05, 3.63) is 11.1 Å². The topological polar surface area (TPSA) is 59.2 Å². The van der Waals surface area contributed by atoms with E-state index in [9.17, 15) is 4.79 Å². The highest BCUT2D eigenvalue weighted by Crippen LogP contribution is 2.12. The van der Waals surface area contributed by atoms with Crippen LogP contribution in [-0.4, -0.2) is 29.4 Å².